The summed E-state index contributed by atoms with van der Waals surface area (Å²) in [4.78, 5) is 17.0. The van der Waals surface area contributed by atoms with Gasteiger partial charge in [-0.25, -0.2) is 13.6 Å². The van der Waals surface area contributed by atoms with Crippen molar-refractivity contribution in [2.75, 3.05) is 20.2 Å². The molecule has 1 aliphatic rings. The van der Waals surface area contributed by atoms with Crippen molar-refractivity contribution < 1.29 is 18.3 Å². The lowest BCUT2D eigenvalue weighted by atomic mass is 10.2. The van der Waals surface area contributed by atoms with E-state index >= 15 is 0 Å². The topological polar surface area (TPSA) is 42.4 Å². The van der Waals surface area contributed by atoms with Crippen LogP contribution in [0.15, 0.2) is 18.3 Å². The van der Waals surface area contributed by atoms with Crippen LogP contribution in [0.2, 0.25) is 0 Å². The Kier molecular flexibility index (Phi) is 3.56. The van der Waals surface area contributed by atoms with Crippen LogP contribution in [0.5, 0.6) is 0 Å². The maximum Gasteiger partial charge on any atom is 0.337 e. The van der Waals surface area contributed by atoms with Gasteiger partial charge in [-0.3, -0.25) is 9.88 Å². The number of alkyl halides is 2. The predicted molar refractivity (Wildman–Crippen MR) is 60.4 cm³/mol. The van der Waals surface area contributed by atoms with Crippen LogP contribution in [0.25, 0.3) is 0 Å². The molecule has 1 aliphatic heterocycles. The molecule has 6 heteroatoms. The zero-order chi connectivity index (χ0) is 13.2. The Labute approximate surface area is 104 Å². The van der Waals surface area contributed by atoms with Gasteiger partial charge in [0.05, 0.1) is 24.9 Å². The molecule has 0 radical (unpaired) electrons. The van der Waals surface area contributed by atoms with E-state index in [9.17, 15) is 13.6 Å². The molecule has 2 rings (SSSR count). The molecule has 0 bridgehead atoms. The summed E-state index contributed by atoms with van der Waals surface area (Å²) >= 11 is 0. The van der Waals surface area contributed by atoms with Gasteiger partial charge in [0.15, 0.2) is 0 Å². The number of halogens is 2. The van der Waals surface area contributed by atoms with Gasteiger partial charge in [0.1, 0.15) is 0 Å². The Hall–Kier alpha value is -1.56. The zero-order valence-electron chi connectivity index (χ0n) is 10.0. The number of carbonyl (C=O) groups excluding carboxylic acids is 1. The number of ether oxygens (including phenoxy) is 1. The maximum absolute atomic E-state index is 13.0. The second-order valence-electron chi connectivity index (χ2n) is 4.34. The number of hydrogen-bond acceptors (Lipinski definition) is 4. The van der Waals surface area contributed by atoms with Gasteiger partial charge in [0.25, 0.3) is 5.92 Å². The highest BCUT2D eigenvalue weighted by atomic mass is 19.3. The lowest BCUT2D eigenvalue weighted by molar-refractivity contribution is 0.0114. The van der Waals surface area contributed by atoms with Crippen LogP contribution in [0, 0.1) is 0 Å². The van der Waals surface area contributed by atoms with E-state index in [0.29, 0.717) is 24.3 Å². The van der Waals surface area contributed by atoms with Crippen molar-refractivity contribution in [1.29, 1.82) is 0 Å². The van der Waals surface area contributed by atoms with Crippen molar-refractivity contribution in [2.45, 2.75) is 18.9 Å². The predicted octanol–water partition coefficient (Wildman–Crippen LogP) is 1.71. The van der Waals surface area contributed by atoms with Gasteiger partial charge in [0, 0.05) is 25.7 Å². The summed E-state index contributed by atoms with van der Waals surface area (Å²) in [5, 5.41) is 0. The number of rotatable bonds is 3. The first-order valence-corrected chi connectivity index (χ1v) is 5.63. The van der Waals surface area contributed by atoms with Gasteiger partial charge in [-0.1, -0.05) is 0 Å². The summed E-state index contributed by atoms with van der Waals surface area (Å²) in [6.07, 6.45) is 1.36. The molecule has 0 spiro atoms. The highest BCUT2D eigenvalue weighted by Crippen LogP contribution is 2.27. The first-order chi connectivity index (χ1) is 8.50. The first kappa shape index (κ1) is 12.9. The van der Waals surface area contributed by atoms with E-state index in [2.05, 4.69) is 9.72 Å². The Morgan fingerprint density at radius 2 is 2.39 bits per heavy atom. The van der Waals surface area contributed by atoms with E-state index in [1.165, 1.54) is 19.4 Å². The molecule has 4 nitrogen and oxygen atoms in total. The van der Waals surface area contributed by atoms with Gasteiger partial charge >= 0.3 is 5.97 Å². The summed E-state index contributed by atoms with van der Waals surface area (Å²) in [6.45, 7) is 0.411. The van der Waals surface area contributed by atoms with Crippen LogP contribution < -0.4 is 0 Å². The molecule has 1 aromatic heterocycles. The number of likely N-dealkylation sites (tertiary alicyclic amines) is 1. The number of methoxy groups -OCH3 is 1. The molecular formula is C12H14F2N2O2. The van der Waals surface area contributed by atoms with Crippen LogP contribution in [0.1, 0.15) is 22.5 Å². The van der Waals surface area contributed by atoms with E-state index in [4.69, 9.17) is 0 Å². The molecule has 0 saturated carbocycles. The lowest BCUT2D eigenvalue weighted by Gasteiger charge is -2.15. The fourth-order valence-corrected chi connectivity index (χ4v) is 1.98. The van der Waals surface area contributed by atoms with Crippen LogP contribution in [0.3, 0.4) is 0 Å². The molecule has 1 fully saturated rings. The van der Waals surface area contributed by atoms with Gasteiger partial charge in [-0.05, 0) is 12.1 Å². The number of pyridine rings is 1. The van der Waals surface area contributed by atoms with Crippen molar-refractivity contribution in [1.82, 2.24) is 9.88 Å². The number of aromatic nitrogens is 1. The minimum atomic E-state index is -2.61. The van der Waals surface area contributed by atoms with Gasteiger partial charge in [-0.2, -0.15) is 0 Å². The van der Waals surface area contributed by atoms with Gasteiger partial charge < -0.3 is 4.74 Å². The average molecular weight is 256 g/mol. The fourth-order valence-electron chi connectivity index (χ4n) is 1.98. The Morgan fingerprint density at radius 1 is 1.61 bits per heavy atom. The molecule has 2 heterocycles. The monoisotopic (exact) mass is 256 g/mol. The van der Waals surface area contributed by atoms with Crippen molar-refractivity contribution in [3.63, 3.8) is 0 Å². The van der Waals surface area contributed by atoms with Crippen LogP contribution in [-0.2, 0) is 11.3 Å². The van der Waals surface area contributed by atoms with Crippen molar-refractivity contribution in [3.05, 3.63) is 29.6 Å². The van der Waals surface area contributed by atoms with Crippen molar-refractivity contribution in [3.8, 4) is 0 Å². The number of esters is 1. The molecule has 0 atom stereocenters. The summed E-state index contributed by atoms with van der Waals surface area (Å²) < 4.78 is 30.6. The summed E-state index contributed by atoms with van der Waals surface area (Å²) in [5.41, 5.74) is 0.976. The van der Waals surface area contributed by atoms with E-state index in [0.717, 1.165) is 0 Å². The second-order valence-corrected chi connectivity index (χ2v) is 4.34. The Balaban J connectivity index is 2.04. The Bertz CT molecular complexity index is 451. The summed E-state index contributed by atoms with van der Waals surface area (Å²) in [6, 6.07) is 3.11. The SMILES string of the molecule is COC(=O)c1ccnc(CN2CCC(F)(F)C2)c1. The van der Waals surface area contributed by atoms with E-state index in [1.807, 2.05) is 0 Å². The third-order valence-electron chi connectivity index (χ3n) is 2.87. The maximum atomic E-state index is 13.0. The van der Waals surface area contributed by atoms with Crippen molar-refractivity contribution in [2.24, 2.45) is 0 Å². The van der Waals surface area contributed by atoms with Gasteiger partial charge in [-0.15, -0.1) is 0 Å². The fraction of sp³-hybridized carbons (Fsp3) is 0.500. The quantitative estimate of drug-likeness (QED) is 0.772. The highest BCUT2D eigenvalue weighted by Gasteiger charge is 2.38. The van der Waals surface area contributed by atoms with Crippen LogP contribution in [-0.4, -0.2) is 42.0 Å². The average Bonchev–Trinajstić information content (AvgIpc) is 2.68. The van der Waals surface area contributed by atoms with E-state index < -0.39 is 11.9 Å². The molecule has 18 heavy (non-hydrogen) atoms. The molecule has 0 N–H and O–H groups in total. The Morgan fingerprint density at radius 3 is 3.00 bits per heavy atom. The number of nitrogens with zero attached hydrogens (tertiary/aromatic N) is 2. The van der Waals surface area contributed by atoms with Gasteiger partial charge in [0.2, 0.25) is 0 Å². The number of hydrogen-bond donors (Lipinski definition) is 0. The first-order valence-electron chi connectivity index (χ1n) is 5.63. The summed E-state index contributed by atoms with van der Waals surface area (Å²) in [5.74, 6) is -3.06. The third kappa shape index (κ3) is 3.01. The molecule has 0 aliphatic carbocycles. The molecule has 1 saturated heterocycles. The van der Waals surface area contributed by atoms with E-state index in [1.54, 1.807) is 11.0 Å². The minimum Gasteiger partial charge on any atom is -0.465 e. The molecule has 0 amide bonds. The molecule has 0 aromatic carbocycles. The minimum absolute atomic E-state index is 0.121. The normalized spacial score (nSPS) is 18.8. The van der Waals surface area contributed by atoms with Crippen LogP contribution >= 0.6 is 0 Å². The van der Waals surface area contributed by atoms with Crippen LogP contribution in [0.4, 0.5) is 8.78 Å². The molecule has 0 unspecified atom stereocenters. The molecule has 98 valence electrons. The standard InChI is InChI=1S/C12H14F2N2O2/c1-18-11(17)9-2-4-15-10(6-9)7-16-5-3-12(13,14)8-16/h2,4,6H,3,5,7-8H2,1H3. The third-order valence-corrected chi connectivity index (χ3v) is 2.87. The molecule has 1 aromatic rings. The largest absolute Gasteiger partial charge is 0.465 e. The van der Waals surface area contributed by atoms with Crippen molar-refractivity contribution >= 4 is 5.97 Å². The second kappa shape index (κ2) is 4.97. The zero-order valence-corrected chi connectivity index (χ0v) is 10.0. The smallest absolute Gasteiger partial charge is 0.337 e. The summed E-state index contributed by atoms with van der Waals surface area (Å²) in [7, 11) is 1.30. The lowest BCUT2D eigenvalue weighted by Crippen LogP contribution is -2.25. The number of carbonyl (C=O) groups is 1. The highest BCUT2D eigenvalue weighted by molar-refractivity contribution is 5.89. The molecular weight excluding hydrogens is 242 g/mol. The van der Waals surface area contributed by atoms with E-state index in [-0.39, 0.29) is 13.0 Å².